The molecule has 0 aliphatic rings. The molecule has 0 aromatic rings. The van der Waals surface area contributed by atoms with Crippen LogP contribution in [0.15, 0.2) is 0 Å². The highest BCUT2D eigenvalue weighted by molar-refractivity contribution is 4.70. The van der Waals surface area contributed by atoms with Gasteiger partial charge in [-0.15, -0.1) is 0 Å². The lowest BCUT2D eigenvalue weighted by molar-refractivity contribution is 0.257. The maximum absolute atomic E-state index is 2.51. The Morgan fingerprint density at radius 3 is 1.64 bits per heavy atom. The van der Waals surface area contributed by atoms with Crippen LogP contribution >= 0.6 is 0 Å². The van der Waals surface area contributed by atoms with Crippen LogP contribution in [0, 0.1) is 29.6 Å². The standard InChI is InChI=1S/C25H52/c1-8-11-12-13-14-15-16-24(9-2)20-25(10-3)19-23(7)18-22(6)17-21(4)5/h21-25H,8-20H2,1-7H3/t22-,23-,24?,25?/m1/s1. The third-order valence-electron chi connectivity index (χ3n) is 6.20. The van der Waals surface area contributed by atoms with E-state index in [4.69, 9.17) is 0 Å². The van der Waals surface area contributed by atoms with Crippen LogP contribution in [-0.4, -0.2) is 0 Å². The lowest BCUT2D eigenvalue weighted by Crippen LogP contribution is -2.14. The van der Waals surface area contributed by atoms with Crippen molar-refractivity contribution >= 4 is 0 Å². The lowest BCUT2D eigenvalue weighted by Gasteiger charge is -2.26. The minimum atomic E-state index is 0.853. The highest BCUT2D eigenvalue weighted by Crippen LogP contribution is 2.31. The van der Waals surface area contributed by atoms with E-state index in [0.29, 0.717) is 0 Å². The topological polar surface area (TPSA) is 0 Å². The van der Waals surface area contributed by atoms with Crippen LogP contribution in [0.1, 0.15) is 132 Å². The van der Waals surface area contributed by atoms with Crippen molar-refractivity contribution in [3.05, 3.63) is 0 Å². The van der Waals surface area contributed by atoms with Crippen molar-refractivity contribution in [2.45, 2.75) is 132 Å². The Balaban J connectivity index is 4.07. The van der Waals surface area contributed by atoms with E-state index in [2.05, 4.69) is 48.5 Å². The first-order valence-corrected chi connectivity index (χ1v) is 11.9. The summed E-state index contributed by atoms with van der Waals surface area (Å²) in [5.74, 6) is 4.61. The average molecular weight is 353 g/mol. The number of hydrogen-bond donors (Lipinski definition) is 0. The Morgan fingerprint density at radius 2 is 1.08 bits per heavy atom. The van der Waals surface area contributed by atoms with E-state index in [0.717, 1.165) is 29.6 Å². The molecular formula is C25H52. The van der Waals surface area contributed by atoms with E-state index < -0.39 is 0 Å². The average Bonchev–Trinajstić information content (AvgIpc) is 2.54. The molecule has 0 amide bonds. The Morgan fingerprint density at radius 1 is 0.520 bits per heavy atom. The molecule has 4 atom stereocenters. The Labute approximate surface area is 161 Å². The summed E-state index contributed by atoms with van der Waals surface area (Å²) < 4.78 is 0. The normalized spacial score (nSPS) is 16.8. The van der Waals surface area contributed by atoms with Crippen LogP contribution in [0.2, 0.25) is 0 Å². The minimum absolute atomic E-state index is 0.853. The van der Waals surface area contributed by atoms with E-state index in [1.54, 1.807) is 0 Å². The summed E-state index contributed by atoms with van der Waals surface area (Å²) in [7, 11) is 0. The summed E-state index contributed by atoms with van der Waals surface area (Å²) in [4.78, 5) is 0. The molecule has 0 saturated carbocycles. The lowest BCUT2D eigenvalue weighted by atomic mass is 9.80. The second-order valence-electron chi connectivity index (χ2n) is 9.65. The third kappa shape index (κ3) is 14.8. The molecule has 0 heterocycles. The molecule has 0 aromatic heterocycles. The second kappa shape index (κ2) is 16.2. The molecule has 0 nitrogen and oxygen atoms in total. The van der Waals surface area contributed by atoms with Crippen molar-refractivity contribution in [3.8, 4) is 0 Å². The molecule has 25 heavy (non-hydrogen) atoms. The molecule has 0 saturated heterocycles. The largest absolute Gasteiger partial charge is 0.0654 e. The first-order valence-electron chi connectivity index (χ1n) is 11.9. The fraction of sp³-hybridized carbons (Fsp3) is 1.00. The number of hydrogen-bond acceptors (Lipinski definition) is 0. The van der Waals surface area contributed by atoms with Gasteiger partial charge in [-0.3, -0.25) is 0 Å². The Kier molecular flexibility index (Phi) is 16.2. The van der Waals surface area contributed by atoms with Gasteiger partial charge in [-0.25, -0.2) is 0 Å². The predicted molar refractivity (Wildman–Crippen MR) is 117 cm³/mol. The minimum Gasteiger partial charge on any atom is -0.0654 e. The highest BCUT2D eigenvalue weighted by Gasteiger charge is 2.18. The van der Waals surface area contributed by atoms with E-state index in [9.17, 15) is 0 Å². The van der Waals surface area contributed by atoms with E-state index >= 15 is 0 Å². The van der Waals surface area contributed by atoms with E-state index in [1.807, 2.05) is 0 Å². The number of rotatable bonds is 17. The summed E-state index contributed by atoms with van der Waals surface area (Å²) >= 11 is 0. The van der Waals surface area contributed by atoms with Crippen LogP contribution in [0.5, 0.6) is 0 Å². The van der Waals surface area contributed by atoms with Crippen LogP contribution < -0.4 is 0 Å². The highest BCUT2D eigenvalue weighted by atomic mass is 14.2. The van der Waals surface area contributed by atoms with Gasteiger partial charge >= 0.3 is 0 Å². The van der Waals surface area contributed by atoms with Crippen molar-refractivity contribution in [2.75, 3.05) is 0 Å². The molecule has 0 heteroatoms. The summed E-state index contributed by atoms with van der Waals surface area (Å²) in [5, 5.41) is 0. The van der Waals surface area contributed by atoms with Gasteiger partial charge < -0.3 is 0 Å². The van der Waals surface area contributed by atoms with Crippen LogP contribution in [0.25, 0.3) is 0 Å². The molecule has 0 fully saturated rings. The molecule has 2 unspecified atom stereocenters. The quantitative estimate of drug-likeness (QED) is 0.229. The van der Waals surface area contributed by atoms with Crippen molar-refractivity contribution in [1.29, 1.82) is 0 Å². The van der Waals surface area contributed by atoms with Gasteiger partial charge in [-0.1, -0.05) is 106 Å². The molecule has 0 bridgehead atoms. The molecule has 152 valence electrons. The van der Waals surface area contributed by atoms with Gasteiger partial charge in [0.15, 0.2) is 0 Å². The van der Waals surface area contributed by atoms with Crippen molar-refractivity contribution in [3.63, 3.8) is 0 Å². The summed E-state index contributed by atoms with van der Waals surface area (Å²) in [6, 6.07) is 0. The molecule has 0 radical (unpaired) electrons. The fourth-order valence-corrected chi connectivity index (χ4v) is 4.86. The molecule has 0 rings (SSSR count). The second-order valence-corrected chi connectivity index (χ2v) is 9.65. The zero-order valence-corrected chi connectivity index (χ0v) is 19.1. The Bertz CT molecular complexity index is 267. The van der Waals surface area contributed by atoms with Gasteiger partial charge in [0.2, 0.25) is 0 Å². The van der Waals surface area contributed by atoms with Gasteiger partial charge in [-0.2, -0.15) is 0 Å². The van der Waals surface area contributed by atoms with Crippen LogP contribution in [-0.2, 0) is 0 Å². The molecule has 0 aliphatic heterocycles. The van der Waals surface area contributed by atoms with Gasteiger partial charge in [0, 0.05) is 0 Å². The molecule has 0 aliphatic carbocycles. The molecule has 0 N–H and O–H groups in total. The monoisotopic (exact) mass is 352 g/mol. The maximum atomic E-state index is 2.51. The fourth-order valence-electron chi connectivity index (χ4n) is 4.86. The van der Waals surface area contributed by atoms with E-state index in [-0.39, 0.29) is 0 Å². The van der Waals surface area contributed by atoms with Gasteiger partial charge in [-0.05, 0) is 55.3 Å². The van der Waals surface area contributed by atoms with Gasteiger partial charge in [0.05, 0.1) is 0 Å². The summed E-state index contributed by atoms with van der Waals surface area (Å²) in [6.45, 7) is 16.9. The SMILES string of the molecule is CCCCCCCCC(CC)CC(CC)C[C@H](C)C[C@H](C)CC(C)C. The van der Waals surface area contributed by atoms with Gasteiger partial charge in [0.25, 0.3) is 0 Å². The van der Waals surface area contributed by atoms with Crippen molar-refractivity contribution in [1.82, 2.24) is 0 Å². The Hall–Kier alpha value is 0. The maximum Gasteiger partial charge on any atom is -0.0412 e. The first-order chi connectivity index (χ1) is 11.9. The van der Waals surface area contributed by atoms with E-state index in [1.165, 1.54) is 83.5 Å². The zero-order chi connectivity index (χ0) is 19.1. The van der Waals surface area contributed by atoms with Crippen LogP contribution in [0.3, 0.4) is 0 Å². The predicted octanol–water partition coefficient (Wildman–Crippen LogP) is 9.28. The first kappa shape index (κ1) is 25.0. The summed E-state index contributed by atoms with van der Waals surface area (Å²) in [6.07, 6.45) is 18.7. The van der Waals surface area contributed by atoms with Gasteiger partial charge in [0.1, 0.15) is 0 Å². The van der Waals surface area contributed by atoms with Crippen molar-refractivity contribution < 1.29 is 0 Å². The number of unbranched alkanes of at least 4 members (excludes halogenated alkanes) is 5. The molecular weight excluding hydrogens is 300 g/mol. The summed E-state index contributed by atoms with van der Waals surface area (Å²) in [5.41, 5.74) is 0. The molecule has 0 aromatic carbocycles. The molecule has 0 spiro atoms. The van der Waals surface area contributed by atoms with Crippen molar-refractivity contribution in [2.24, 2.45) is 29.6 Å². The third-order valence-corrected chi connectivity index (χ3v) is 6.20. The van der Waals surface area contributed by atoms with Crippen LogP contribution in [0.4, 0.5) is 0 Å². The zero-order valence-electron chi connectivity index (χ0n) is 19.1. The smallest absolute Gasteiger partial charge is 0.0412 e.